The number of allylic oxidation sites excluding steroid dienone is 2. The molecule has 0 N–H and O–H groups in total. The smallest absolute Gasteiger partial charge is 0.400 e. The fourth-order valence-electron chi connectivity index (χ4n) is 2.64. The van der Waals surface area contributed by atoms with Crippen molar-refractivity contribution in [1.82, 2.24) is 0 Å². The maximum Gasteiger partial charge on any atom is 0.491 e. The summed E-state index contributed by atoms with van der Waals surface area (Å²) in [6, 6.07) is 10.4. The molecule has 2 rings (SSSR count). The highest BCUT2D eigenvalue weighted by molar-refractivity contribution is 6.84. The van der Waals surface area contributed by atoms with Crippen molar-refractivity contribution in [2.75, 3.05) is 0 Å². The third kappa shape index (κ3) is 4.67. The molecule has 0 bridgehead atoms. The largest absolute Gasteiger partial charge is 0.491 e. The van der Waals surface area contributed by atoms with Crippen LogP contribution >= 0.6 is 0 Å². The molecule has 1 aliphatic heterocycles. The van der Waals surface area contributed by atoms with Crippen LogP contribution in [0.5, 0.6) is 0 Å². The van der Waals surface area contributed by atoms with E-state index in [1.165, 1.54) is 0 Å². The van der Waals surface area contributed by atoms with Crippen LogP contribution in [0.2, 0.25) is 19.6 Å². The fourth-order valence-corrected chi connectivity index (χ4v) is 3.14. The van der Waals surface area contributed by atoms with E-state index in [1.807, 2.05) is 6.07 Å². The minimum atomic E-state index is -1.48. The zero-order chi connectivity index (χ0) is 18.9. The Labute approximate surface area is 155 Å². The van der Waals surface area contributed by atoms with E-state index in [2.05, 4.69) is 90.0 Å². The molecule has 1 aromatic carbocycles. The van der Waals surface area contributed by atoms with Crippen LogP contribution in [-0.4, -0.2) is 26.4 Å². The van der Waals surface area contributed by atoms with Crippen LogP contribution in [-0.2, 0) is 9.31 Å². The third-order valence-corrected chi connectivity index (χ3v) is 5.74. The number of hydrogen-bond donors (Lipinski definition) is 0. The number of rotatable bonds is 3. The summed E-state index contributed by atoms with van der Waals surface area (Å²) in [5.41, 5.74) is 6.17. The van der Waals surface area contributed by atoms with Crippen LogP contribution in [0.1, 0.15) is 46.6 Å². The van der Waals surface area contributed by atoms with Crippen LogP contribution in [0.3, 0.4) is 0 Å². The van der Waals surface area contributed by atoms with Crippen molar-refractivity contribution in [3.8, 4) is 11.5 Å². The Hall–Kier alpha value is -1.28. The fraction of sp³-hybridized carbons (Fsp3) is 0.524. The molecular formula is C21H31BO2Si. The molecule has 1 aliphatic rings. The van der Waals surface area contributed by atoms with Crippen molar-refractivity contribution < 1.29 is 9.31 Å². The molecule has 0 spiro atoms. The lowest BCUT2D eigenvalue weighted by atomic mass is 9.72. The second-order valence-corrected chi connectivity index (χ2v) is 13.5. The molecule has 1 saturated heterocycles. The summed E-state index contributed by atoms with van der Waals surface area (Å²) in [5, 5.41) is 0. The van der Waals surface area contributed by atoms with Crippen molar-refractivity contribution >= 4 is 20.8 Å². The van der Waals surface area contributed by atoms with Gasteiger partial charge in [-0.2, -0.15) is 0 Å². The third-order valence-electron chi connectivity index (χ3n) is 4.86. The average Bonchev–Trinajstić information content (AvgIpc) is 2.71. The van der Waals surface area contributed by atoms with E-state index < -0.39 is 8.07 Å². The van der Waals surface area contributed by atoms with E-state index in [1.54, 1.807) is 0 Å². The molecular weight excluding hydrogens is 323 g/mol. The topological polar surface area (TPSA) is 18.5 Å². The van der Waals surface area contributed by atoms with E-state index in [4.69, 9.17) is 9.31 Å². The van der Waals surface area contributed by atoms with Gasteiger partial charge in [-0.3, -0.25) is 0 Å². The summed E-state index contributed by atoms with van der Waals surface area (Å²) < 4.78 is 12.6. The lowest BCUT2D eigenvalue weighted by Gasteiger charge is -2.32. The second-order valence-electron chi connectivity index (χ2n) is 8.71. The van der Waals surface area contributed by atoms with Gasteiger partial charge < -0.3 is 9.31 Å². The lowest BCUT2D eigenvalue weighted by Crippen LogP contribution is -2.41. The highest BCUT2D eigenvalue weighted by atomic mass is 28.3. The first-order chi connectivity index (χ1) is 11.5. The van der Waals surface area contributed by atoms with E-state index >= 15 is 0 Å². The van der Waals surface area contributed by atoms with Gasteiger partial charge in [-0.05, 0) is 45.2 Å². The van der Waals surface area contributed by atoms with E-state index in [0.717, 1.165) is 23.0 Å². The standard InChI is InChI=1S/C21H31BO2Si/c1-9-19(22-23-20(2,3)21(4,5)24-22)18(15-16-25(6,7)8)17-13-11-10-12-14-17/h10-14H,9H2,1-8H3/b19-18-. The van der Waals surface area contributed by atoms with Crippen LogP contribution in [0.25, 0.3) is 5.57 Å². The first-order valence-corrected chi connectivity index (χ1v) is 12.6. The van der Waals surface area contributed by atoms with Gasteiger partial charge >= 0.3 is 7.12 Å². The first kappa shape index (κ1) is 20.0. The molecule has 0 aromatic heterocycles. The van der Waals surface area contributed by atoms with Gasteiger partial charge in [0.15, 0.2) is 0 Å². The first-order valence-electron chi connectivity index (χ1n) is 9.14. The maximum absolute atomic E-state index is 6.31. The molecule has 1 fully saturated rings. The molecule has 134 valence electrons. The molecule has 1 aromatic rings. The predicted molar refractivity (Wildman–Crippen MR) is 111 cm³/mol. The molecule has 0 amide bonds. The lowest BCUT2D eigenvalue weighted by molar-refractivity contribution is 0.00578. The van der Waals surface area contributed by atoms with Crippen molar-refractivity contribution in [1.29, 1.82) is 0 Å². The van der Waals surface area contributed by atoms with Gasteiger partial charge in [-0.25, -0.2) is 0 Å². The Morgan fingerprint density at radius 1 is 1.00 bits per heavy atom. The molecule has 0 saturated carbocycles. The normalized spacial score (nSPS) is 19.9. The summed E-state index contributed by atoms with van der Waals surface area (Å²) >= 11 is 0. The molecule has 0 aliphatic carbocycles. The Bertz CT molecular complexity index is 687. The highest BCUT2D eigenvalue weighted by Gasteiger charge is 2.52. The summed E-state index contributed by atoms with van der Waals surface area (Å²) in [6.45, 7) is 17.3. The van der Waals surface area contributed by atoms with Crippen LogP contribution in [0.4, 0.5) is 0 Å². The maximum atomic E-state index is 6.31. The van der Waals surface area contributed by atoms with Crippen LogP contribution < -0.4 is 0 Å². The summed E-state index contributed by atoms with van der Waals surface area (Å²) in [4.78, 5) is 0. The Balaban J connectivity index is 2.57. The molecule has 0 unspecified atom stereocenters. The SMILES string of the molecule is CC/C(B1OC(C)(C)C(C)(C)O1)=C(\C#C[Si](C)(C)C)c1ccccc1. The highest BCUT2D eigenvalue weighted by Crippen LogP contribution is 2.40. The van der Waals surface area contributed by atoms with Gasteiger partial charge in [-0.1, -0.05) is 62.8 Å². The Morgan fingerprint density at radius 2 is 1.52 bits per heavy atom. The van der Waals surface area contributed by atoms with E-state index in [-0.39, 0.29) is 18.3 Å². The molecule has 4 heteroatoms. The van der Waals surface area contributed by atoms with Gasteiger partial charge in [0.2, 0.25) is 0 Å². The van der Waals surface area contributed by atoms with Crippen molar-refractivity contribution in [2.24, 2.45) is 0 Å². The minimum absolute atomic E-state index is 0.341. The van der Waals surface area contributed by atoms with Crippen molar-refractivity contribution in [3.63, 3.8) is 0 Å². The monoisotopic (exact) mass is 354 g/mol. The molecule has 0 radical (unpaired) electrons. The van der Waals surface area contributed by atoms with Crippen molar-refractivity contribution in [3.05, 3.63) is 41.4 Å². The van der Waals surface area contributed by atoms with E-state index in [0.29, 0.717) is 0 Å². The number of benzene rings is 1. The molecule has 0 atom stereocenters. The predicted octanol–water partition coefficient (Wildman–Crippen LogP) is 5.36. The van der Waals surface area contributed by atoms with E-state index in [9.17, 15) is 0 Å². The zero-order valence-electron chi connectivity index (χ0n) is 17.0. The second kappa shape index (κ2) is 7.15. The zero-order valence-corrected chi connectivity index (χ0v) is 18.0. The molecule has 2 nitrogen and oxygen atoms in total. The molecule has 1 heterocycles. The van der Waals surface area contributed by atoms with Gasteiger partial charge in [0.1, 0.15) is 8.07 Å². The minimum Gasteiger partial charge on any atom is -0.400 e. The Morgan fingerprint density at radius 3 is 1.96 bits per heavy atom. The van der Waals surface area contributed by atoms with Gasteiger partial charge in [0.25, 0.3) is 0 Å². The van der Waals surface area contributed by atoms with Gasteiger partial charge in [0, 0.05) is 5.57 Å². The summed E-state index contributed by atoms with van der Waals surface area (Å²) in [6.07, 6.45) is 0.849. The molecule has 25 heavy (non-hydrogen) atoms. The van der Waals surface area contributed by atoms with Gasteiger partial charge in [0.05, 0.1) is 11.2 Å². The quantitative estimate of drug-likeness (QED) is 0.537. The summed E-state index contributed by atoms with van der Waals surface area (Å²) in [5.74, 6) is 3.49. The van der Waals surface area contributed by atoms with Crippen LogP contribution in [0, 0.1) is 11.5 Å². The summed E-state index contributed by atoms with van der Waals surface area (Å²) in [7, 11) is -1.83. The Kier molecular flexibility index (Phi) is 5.73. The number of hydrogen-bond acceptors (Lipinski definition) is 2. The van der Waals surface area contributed by atoms with Gasteiger partial charge in [-0.15, -0.1) is 5.54 Å². The van der Waals surface area contributed by atoms with Crippen molar-refractivity contribution in [2.45, 2.75) is 71.9 Å². The average molecular weight is 354 g/mol. The van der Waals surface area contributed by atoms with Crippen LogP contribution in [0.15, 0.2) is 35.8 Å².